The molecule has 11 heteroatoms. The molecule has 11 nitrogen and oxygen atoms in total. The van der Waals surface area contributed by atoms with E-state index in [1.54, 1.807) is 18.2 Å². The summed E-state index contributed by atoms with van der Waals surface area (Å²) >= 11 is 0. The van der Waals surface area contributed by atoms with Gasteiger partial charge >= 0.3 is 5.97 Å². The minimum Gasteiger partial charge on any atom is -0.490 e. The quantitative estimate of drug-likeness (QED) is 0.153. The third-order valence-electron chi connectivity index (χ3n) is 4.44. The predicted octanol–water partition coefficient (Wildman–Crippen LogP) is 3.19. The van der Waals surface area contributed by atoms with Gasteiger partial charge in [0.1, 0.15) is 0 Å². The van der Waals surface area contributed by atoms with Crippen molar-refractivity contribution in [3.8, 4) is 11.5 Å². The number of carbonyl (C=O) groups is 3. The zero-order chi connectivity index (χ0) is 25.6. The Morgan fingerprint density at radius 1 is 1.00 bits per heavy atom. The number of unbranched alkanes of at least 4 members (excludes halogenated alkanes) is 1. The average molecular weight is 485 g/mol. The Kier molecular flexibility index (Phi) is 10.7. The van der Waals surface area contributed by atoms with Crippen molar-refractivity contribution in [2.45, 2.75) is 26.7 Å². The number of nitro benzene ring substituents is 1. The number of nitrogens with zero attached hydrogens (tertiary/aromatic N) is 1. The third kappa shape index (κ3) is 9.16. The number of hydrogen-bond donors (Lipinski definition) is 2. The summed E-state index contributed by atoms with van der Waals surface area (Å²) in [5, 5.41) is 10.6. The number of non-ortho nitro benzene ring substituents is 1. The lowest BCUT2D eigenvalue weighted by Crippen LogP contribution is -2.43. The number of nitro groups is 1. The number of hydrogen-bond acceptors (Lipinski definition) is 8. The topological polar surface area (TPSA) is 146 Å². The number of hydrazine groups is 1. The molecular weight excluding hydrogens is 458 g/mol. The molecule has 0 radical (unpaired) electrons. The van der Waals surface area contributed by atoms with Crippen LogP contribution in [0.5, 0.6) is 11.5 Å². The second-order valence-corrected chi connectivity index (χ2v) is 7.09. The summed E-state index contributed by atoms with van der Waals surface area (Å²) in [6.45, 7) is 4.33. The molecule has 0 saturated heterocycles. The van der Waals surface area contributed by atoms with Crippen LogP contribution in [-0.4, -0.2) is 42.5 Å². The van der Waals surface area contributed by atoms with Crippen LogP contribution in [0, 0.1) is 10.1 Å². The van der Waals surface area contributed by atoms with Crippen molar-refractivity contribution in [3.05, 3.63) is 69.8 Å². The molecule has 0 atom stereocenters. The van der Waals surface area contributed by atoms with Gasteiger partial charge in [0, 0.05) is 23.8 Å². The molecule has 2 N–H and O–H groups in total. The van der Waals surface area contributed by atoms with Crippen LogP contribution in [0.4, 0.5) is 5.69 Å². The Morgan fingerprint density at radius 3 is 2.40 bits per heavy atom. The van der Waals surface area contributed by atoms with E-state index in [4.69, 9.17) is 14.2 Å². The fourth-order valence-electron chi connectivity index (χ4n) is 2.66. The molecule has 0 aromatic heterocycles. The number of rotatable bonds is 12. The first-order valence-corrected chi connectivity index (χ1v) is 10.9. The van der Waals surface area contributed by atoms with Crippen LogP contribution in [0.25, 0.3) is 6.08 Å². The fraction of sp³-hybridized carbons (Fsp3) is 0.292. The van der Waals surface area contributed by atoms with Crippen molar-refractivity contribution < 1.29 is 33.5 Å². The van der Waals surface area contributed by atoms with Crippen LogP contribution >= 0.6 is 0 Å². The summed E-state index contributed by atoms with van der Waals surface area (Å²) in [5.41, 5.74) is 4.82. The lowest BCUT2D eigenvalue weighted by molar-refractivity contribution is -0.384. The van der Waals surface area contributed by atoms with E-state index in [2.05, 4.69) is 17.8 Å². The van der Waals surface area contributed by atoms with Gasteiger partial charge in [0.2, 0.25) is 0 Å². The zero-order valence-corrected chi connectivity index (χ0v) is 19.4. The minimum absolute atomic E-state index is 0.101. The Hall–Kier alpha value is -4.41. The molecule has 35 heavy (non-hydrogen) atoms. The van der Waals surface area contributed by atoms with E-state index in [9.17, 15) is 24.5 Å². The number of nitrogens with one attached hydrogen (secondary N) is 2. The van der Waals surface area contributed by atoms with Crippen LogP contribution in [-0.2, 0) is 14.3 Å². The smallest absolute Gasteiger partial charge is 0.331 e. The van der Waals surface area contributed by atoms with Gasteiger partial charge in [0.15, 0.2) is 18.1 Å². The Balaban J connectivity index is 1.81. The number of amides is 2. The van der Waals surface area contributed by atoms with Crippen LogP contribution in [0.15, 0.2) is 48.5 Å². The fourth-order valence-corrected chi connectivity index (χ4v) is 2.66. The Labute approximate surface area is 202 Å². The van der Waals surface area contributed by atoms with Gasteiger partial charge in [-0.1, -0.05) is 19.4 Å². The summed E-state index contributed by atoms with van der Waals surface area (Å²) in [4.78, 5) is 45.8. The number of carbonyl (C=O) groups excluding carboxylic acids is 3. The molecule has 0 bridgehead atoms. The van der Waals surface area contributed by atoms with Crippen LogP contribution in [0.2, 0.25) is 0 Å². The highest BCUT2D eigenvalue weighted by atomic mass is 16.6. The maximum Gasteiger partial charge on any atom is 0.331 e. The summed E-state index contributed by atoms with van der Waals surface area (Å²) in [6.07, 6.45) is 4.60. The number of esters is 1. The minimum atomic E-state index is -0.769. The first kappa shape index (κ1) is 26.8. The molecular formula is C24H27N3O8. The van der Waals surface area contributed by atoms with Crippen molar-refractivity contribution in [2.24, 2.45) is 0 Å². The monoisotopic (exact) mass is 485 g/mol. The molecule has 0 aliphatic rings. The van der Waals surface area contributed by atoms with Crippen LogP contribution < -0.4 is 20.3 Å². The highest BCUT2D eigenvalue weighted by molar-refractivity contribution is 5.96. The van der Waals surface area contributed by atoms with Crippen molar-refractivity contribution in [3.63, 3.8) is 0 Å². The van der Waals surface area contributed by atoms with Crippen LogP contribution in [0.1, 0.15) is 42.6 Å². The largest absolute Gasteiger partial charge is 0.490 e. The van der Waals surface area contributed by atoms with E-state index in [1.807, 2.05) is 6.92 Å². The van der Waals surface area contributed by atoms with E-state index < -0.39 is 29.3 Å². The summed E-state index contributed by atoms with van der Waals surface area (Å²) in [5.74, 6) is -1.04. The second-order valence-electron chi connectivity index (χ2n) is 7.09. The van der Waals surface area contributed by atoms with Crippen molar-refractivity contribution in [1.82, 2.24) is 10.9 Å². The van der Waals surface area contributed by atoms with E-state index in [0.717, 1.165) is 31.1 Å². The first-order valence-electron chi connectivity index (χ1n) is 10.9. The number of benzene rings is 2. The summed E-state index contributed by atoms with van der Waals surface area (Å²) in [6, 6.07) is 10.1. The molecule has 2 aromatic carbocycles. The molecule has 2 rings (SSSR count). The standard InChI is InChI=1S/C24H27N3O8/c1-3-5-14-34-20-12-6-17(15-21(20)33-4-2)7-13-23(29)35-16-22(28)25-26-24(30)18-8-10-19(11-9-18)27(31)32/h6-13,15H,3-5,14,16H2,1-2H3,(H,25,28)(H,26,30). The van der Waals surface area contributed by atoms with Crippen molar-refractivity contribution >= 4 is 29.5 Å². The SMILES string of the molecule is CCCCOc1ccc(C=CC(=O)OCC(=O)NNC(=O)c2ccc([N+](=O)[O-])cc2)cc1OCC. The van der Waals surface area contributed by atoms with Gasteiger partial charge in [-0.2, -0.15) is 0 Å². The molecule has 0 aliphatic heterocycles. The Bertz CT molecular complexity index is 1070. The highest BCUT2D eigenvalue weighted by Crippen LogP contribution is 2.29. The predicted molar refractivity (Wildman–Crippen MR) is 127 cm³/mol. The average Bonchev–Trinajstić information content (AvgIpc) is 2.86. The van der Waals surface area contributed by atoms with Gasteiger partial charge in [0.05, 0.1) is 18.1 Å². The maximum atomic E-state index is 12.0. The van der Waals surface area contributed by atoms with E-state index in [0.29, 0.717) is 30.3 Å². The zero-order valence-electron chi connectivity index (χ0n) is 19.4. The molecule has 0 unspecified atom stereocenters. The van der Waals surface area contributed by atoms with Gasteiger partial charge in [-0.15, -0.1) is 0 Å². The van der Waals surface area contributed by atoms with E-state index in [-0.39, 0.29) is 11.3 Å². The van der Waals surface area contributed by atoms with Gasteiger partial charge in [0.25, 0.3) is 17.5 Å². The lowest BCUT2D eigenvalue weighted by Gasteiger charge is -2.12. The molecule has 0 heterocycles. The van der Waals surface area contributed by atoms with Gasteiger partial charge in [-0.05, 0) is 49.2 Å². The summed E-state index contributed by atoms with van der Waals surface area (Å²) < 4.78 is 16.2. The van der Waals surface area contributed by atoms with Gasteiger partial charge < -0.3 is 14.2 Å². The van der Waals surface area contributed by atoms with E-state index >= 15 is 0 Å². The normalized spacial score (nSPS) is 10.5. The maximum absolute atomic E-state index is 12.0. The molecule has 2 amide bonds. The Morgan fingerprint density at radius 2 is 1.74 bits per heavy atom. The number of ether oxygens (including phenoxy) is 3. The molecule has 0 spiro atoms. The van der Waals surface area contributed by atoms with E-state index in [1.165, 1.54) is 18.2 Å². The van der Waals surface area contributed by atoms with Crippen molar-refractivity contribution in [1.29, 1.82) is 0 Å². The summed E-state index contributed by atoms with van der Waals surface area (Å²) in [7, 11) is 0. The lowest BCUT2D eigenvalue weighted by atomic mass is 10.2. The van der Waals surface area contributed by atoms with Gasteiger partial charge in [-0.25, -0.2) is 4.79 Å². The molecule has 0 fully saturated rings. The van der Waals surface area contributed by atoms with Crippen molar-refractivity contribution in [2.75, 3.05) is 19.8 Å². The highest BCUT2D eigenvalue weighted by Gasteiger charge is 2.11. The molecule has 0 saturated carbocycles. The first-order chi connectivity index (χ1) is 16.8. The van der Waals surface area contributed by atoms with Crippen LogP contribution in [0.3, 0.4) is 0 Å². The molecule has 0 aliphatic carbocycles. The molecule has 186 valence electrons. The van der Waals surface area contributed by atoms with Gasteiger partial charge in [-0.3, -0.25) is 30.6 Å². The third-order valence-corrected chi connectivity index (χ3v) is 4.44. The molecule has 2 aromatic rings. The second kappa shape index (κ2) is 14.0.